The largest absolute Gasteiger partial charge is 0.374 e. The van der Waals surface area contributed by atoms with E-state index in [2.05, 4.69) is 5.32 Å². The number of nitrogens with one attached hydrogen (secondary N) is 1. The fourth-order valence-electron chi connectivity index (χ4n) is 4.96. The number of thioether (sulfide) groups is 1. The minimum atomic E-state index is 0.0520. The maximum absolute atomic E-state index is 12.8. The lowest BCUT2D eigenvalue weighted by molar-refractivity contribution is -0.135. The highest BCUT2D eigenvalue weighted by Gasteiger charge is 2.43. The monoisotopic (exact) mass is 309 g/mol. The summed E-state index contributed by atoms with van der Waals surface area (Å²) in [6.45, 7) is 0.800. The minimum Gasteiger partial charge on any atom is -0.374 e. The molecule has 4 saturated heterocycles. The van der Waals surface area contributed by atoms with E-state index in [0.717, 1.165) is 38.0 Å². The molecule has 118 valence electrons. The summed E-state index contributed by atoms with van der Waals surface area (Å²) in [5.74, 6) is 3.78. The van der Waals surface area contributed by atoms with Crippen molar-refractivity contribution in [1.29, 1.82) is 0 Å². The lowest BCUT2D eigenvalue weighted by atomic mass is 9.79. The number of carbonyl (C=O) groups is 1. The zero-order valence-corrected chi connectivity index (χ0v) is 13.6. The standard InChI is InChI=1S/C17H27NO2S/c19-16(9-12-7-14-1-2-15(8-12)18-14)13-3-5-20-17(10-13)4-6-21-11-17/h12-15,18H,1-11H2. The molecule has 4 aliphatic rings. The van der Waals surface area contributed by atoms with Crippen LogP contribution in [0.25, 0.3) is 0 Å². The average molecular weight is 309 g/mol. The van der Waals surface area contributed by atoms with Gasteiger partial charge in [0.25, 0.3) is 0 Å². The Labute approximate surface area is 132 Å². The van der Waals surface area contributed by atoms with Crippen LogP contribution in [0.3, 0.4) is 0 Å². The third-order valence-corrected chi connectivity index (χ3v) is 7.30. The summed E-state index contributed by atoms with van der Waals surface area (Å²) in [4.78, 5) is 12.8. The summed E-state index contributed by atoms with van der Waals surface area (Å²) < 4.78 is 6.06. The molecule has 4 unspecified atom stereocenters. The van der Waals surface area contributed by atoms with Gasteiger partial charge in [0.1, 0.15) is 5.78 Å². The number of Topliss-reactive ketones (excluding diaryl/α,β-unsaturated/α-hetero) is 1. The molecule has 4 heterocycles. The van der Waals surface area contributed by atoms with Crippen LogP contribution in [0.4, 0.5) is 0 Å². The number of ketones is 1. The highest BCUT2D eigenvalue weighted by Crippen LogP contribution is 2.42. The van der Waals surface area contributed by atoms with Gasteiger partial charge >= 0.3 is 0 Å². The number of hydrogen-bond donors (Lipinski definition) is 1. The molecule has 3 nitrogen and oxygen atoms in total. The summed E-state index contributed by atoms with van der Waals surface area (Å²) >= 11 is 1.99. The van der Waals surface area contributed by atoms with E-state index in [1.54, 1.807) is 0 Å². The number of hydrogen-bond acceptors (Lipinski definition) is 4. The average Bonchev–Trinajstić information content (AvgIpc) is 3.06. The van der Waals surface area contributed by atoms with Crippen LogP contribution >= 0.6 is 11.8 Å². The Hall–Kier alpha value is -0.0600. The summed E-state index contributed by atoms with van der Waals surface area (Å²) in [5, 5.41) is 3.68. The van der Waals surface area contributed by atoms with Gasteiger partial charge in [-0.15, -0.1) is 0 Å². The molecule has 4 heteroatoms. The highest BCUT2D eigenvalue weighted by atomic mass is 32.2. The van der Waals surface area contributed by atoms with Crippen molar-refractivity contribution in [2.45, 2.75) is 69.1 Å². The quantitative estimate of drug-likeness (QED) is 0.870. The van der Waals surface area contributed by atoms with Crippen molar-refractivity contribution in [2.75, 3.05) is 18.1 Å². The van der Waals surface area contributed by atoms with Gasteiger partial charge in [0.2, 0.25) is 0 Å². The van der Waals surface area contributed by atoms with Crippen LogP contribution in [-0.2, 0) is 9.53 Å². The van der Waals surface area contributed by atoms with E-state index < -0.39 is 0 Å². The van der Waals surface area contributed by atoms with E-state index in [4.69, 9.17) is 4.74 Å². The Morgan fingerprint density at radius 3 is 2.76 bits per heavy atom. The Bertz CT molecular complexity index is 396. The Balaban J connectivity index is 1.34. The van der Waals surface area contributed by atoms with E-state index in [9.17, 15) is 4.79 Å². The first kappa shape index (κ1) is 14.5. The van der Waals surface area contributed by atoms with Gasteiger partial charge in [0.05, 0.1) is 5.60 Å². The first-order valence-electron chi connectivity index (χ1n) is 8.73. The maximum Gasteiger partial charge on any atom is 0.136 e. The lowest BCUT2D eigenvalue weighted by Gasteiger charge is -2.38. The van der Waals surface area contributed by atoms with E-state index >= 15 is 0 Å². The Kier molecular flexibility index (Phi) is 4.05. The first-order valence-corrected chi connectivity index (χ1v) is 9.88. The summed E-state index contributed by atoms with van der Waals surface area (Å²) in [5.41, 5.74) is 0.0520. The smallest absolute Gasteiger partial charge is 0.136 e. The van der Waals surface area contributed by atoms with Crippen LogP contribution in [0.2, 0.25) is 0 Å². The van der Waals surface area contributed by atoms with E-state index in [-0.39, 0.29) is 11.5 Å². The van der Waals surface area contributed by atoms with Gasteiger partial charge < -0.3 is 10.1 Å². The van der Waals surface area contributed by atoms with Gasteiger partial charge in [-0.2, -0.15) is 11.8 Å². The van der Waals surface area contributed by atoms with Crippen LogP contribution in [0.5, 0.6) is 0 Å². The molecule has 4 atom stereocenters. The second kappa shape index (κ2) is 5.86. The van der Waals surface area contributed by atoms with Crippen molar-refractivity contribution in [3.8, 4) is 0 Å². The van der Waals surface area contributed by atoms with E-state index in [0.29, 0.717) is 23.8 Å². The minimum absolute atomic E-state index is 0.0520. The number of piperidine rings is 1. The number of ether oxygens (including phenoxy) is 1. The highest BCUT2D eigenvalue weighted by molar-refractivity contribution is 7.99. The molecule has 1 N–H and O–H groups in total. The van der Waals surface area contributed by atoms with Crippen molar-refractivity contribution in [3.63, 3.8) is 0 Å². The maximum atomic E-state index is 12.8. The molecule has 21 heavy (non-hydrogen) atoms. The molecule has 0 aromatic rings. The molecule has 0 aromatic heterocycles. The molecule has 0 aromatic carbocycles. The van der Waals surface area contributed by atoms with Crippen molar-refractivity contribution in [3.05, 3.63) is 0 Å². The van der Waals surface area contributed by atoms with Gasteiger partial charge in [0.15, 0.2) is 0 Å². The number of fused-ring (bicyclic) bond motifs is 2. The van der Waals surface area contributed by atoms with Crippen LogP contribution in [0.1, 0.15) is 51.4 Å². The van der Waals surface area contributed by atoms with E-state index in [1.165, 1.54) is 31.4 Å². The summed E-state index contributed by atoms with van der Waals surface area (Å²) in [6.07, 6.45) is 9.06. The predicted molar refractivity (Wildman–Crippen MR) is 85.6 cm³/mol. The second-order valence-electron chi connectivity index (χ2n) is 7.67. The Morgan fingerprint density at radius 1 is 1.24 bits per heavy atom. The van der Waals surface area contributed by atoms with Gasteiger partial charge in [-0.25, -0.2) is 0 Å². The fraction of sp³-hybridized carbons (Fsp3) is 0.941. The number of carbonyl (C=O) groups excluding carboxylic acids is 1. The van der Waals surface area contributed by atoms with Crippen molar-refractivity contribution in [1.82, 2.24) is 5.32 Å². The van der Waals surface area contributed by atoms with Gasteiger partial charge in [-0.3, -0.25) is 4.79 Å². The normalized spacial score (nSPS) is 46.1. The fourth-order valence-corrected chi connectivity index (χ4v) is 6.34. The third kappa shape index (κ3) is 3.04. The molecule has 4 aliphatic heterocycles. The molecule has 0 amide bonds. The van der Waals surface area contributed by atoms with Crippen molar-refractivity contribution >= 4 is 17.5 Å². The summed E-state index contributed by atoms with van der Waals surface area (Å²) in [6, 6.07) is 1.41. The van der Waals surface area contributed by atoms with Crippen molar-refractivity contribution in [2.24, 2.45) is 11.8 Å². The summed E-state index contributed by atoms with van der Waals surface area (Å²) in [7, 11) is 0. The zero-order valence-electron chi connectivity index (χ0n) is 12.8. The van der Waals surface area contributed by atoms with Crippen LogP contribution in [0.15, 0.2) is 0 Å². The molecule has 0 radical (unpaired) electrons. The van der Waals surface area contributed by atoms with Crippen LogP contribution in [-0.4, -0.2) is 41.6 Å². The van der Waals surface area contributed by atoms with E-state index in [1.807, 2.05) is 11.8 Å². The molecule has 0 aliphatic carbocycles. The molecule has 4 fully saturated rings. The molecule has 2 bridgehead atoms. The van der Waals surface area contributed by atoms with Crippen molar-refractivity contribution < 1.29 is 9.53 Å². The third-order valence-electron chi connectivity index (χ3n) is 6.08. The Morgan fingerprint density at radius 2 is 2.05 bits per heavy atom. The first-order chi connectivity index (χ1) is 10.2. The number of rotatable bonds is 3. The molecular formula is C17H27NO2S. The topological polar surface area (TPSA) is 38.3 Å². The molecule has 1 spiro atoms. The van der Waals surface area contributed by atoms with Gasteiger partial charge in [-0.1, -0.05) is 0 Å². The molecule has 0 saturated carbocycles. The van der Waals surface area contributed by atoms with Crippen LogP contribution < -0.4 is 5.32 Å². The zero-order chi connectivity index (χ0) is 14.3. The van der Waals surface area contributed by atoms with Gasteiger partial charge in [-0.05, 0) is 56.6 Å². The lowest BCUT2D eigenvalue weighted by Crippen LogP contribution is -2.43. The van der Waals surface area contributed by atoms with Crippen LogP contribution in [0, 0.1) is 11.8 Å². The molecule has 4 rings (SSSR count). The second-order valence-corrected chi connectivity index (χ2v) is 8.77. The molecular weight excluding hydrogens is 282 g/mol. The SMILES string of the molecule is O=C(CC1CC2CCC(C1)N2)C1CCOC2(CCSC2)C1. The predicted octanol–water partition coefficient (Wildman–Crippen LogP) is 2.78. The van der Waals surface area contributed by atoms with Gasteiger partial charge in [0, 0.05) is 36.8 Å².